The molecule has 5 aromatic carbocycles. The van der Waals surface area contributed by atoms with Gasteiger partial charge in [0.1, 0.15) is 60.0 Å². The Labute approximate surface area is 568 Å². The van der Waals surface area contributed by atoms with Crippen LogP contribution in [0.1, 0.15) is 61.6 Å². The zero-order valence-electron chi connectivity index (χ0n) is 53.0. The minimum atomic E-state index is -2.54. The third-order valence-corrected chi connectivity index (χ3v) is 17.0. The number of aliphatic hydroxyl groups excluding tert-OH is 7. The molecule has 0 aliphatic carbocycles. The molecule has 14 atom stereocenters. The van der Waals surface area contributed by atoms with E-state index < -0.39 is 183 Å². The summed E-state index contributed by atoms with van der Waals surface area (Å²) in [5.74, 6) is -10.3. The summed E-state index contributed by atoms with van der Waals surface area (Å²) in [5.41, 5.74) is 7.78. The van der Waals surface area contributed by atoms with Crippen LogP contribution < -0.4 is 46.0 Å². The number of hydrogen-bond acceptors (Lipinski definition) is 26. The summed E-state index contributed by atoms with van der Waals surface area (Å²) in [6, 6.07) is 20.7. The molecule has 0 saturated carbocycles. The van der Waals surface area contributed by atoms with E-state index in [9.17, 15) is 79.2 Å². The summed E-state index contributed by atoms with van der Waals surface area (Å²) in [4.78, 5) is 115. The van der Waals surface area contributed by atoms with Crippen LogP contribution in [0.15, 0.2) is 126 Å². The van der Waals surface area contributed by atoms with E-state index in [2.05, 4.69) is 46.2 Å². The Morgan fingerprint density at radius 2 is 1.28 bits per heavy atom. The number of carbonyl (C=O) groups is 8. The van der Waals surface area contributed by atoms with Gasteiger partial charge >= 0.3 is 0 Å². The molecule has 34 heteroatoms. The number of phenolic OH excluding ortho intramolecular Hbond substituents is 1. The van der Waals surface area contributed by atoms with Gasteiger partial charge in [0, 0.05) is 61.5 Å². The Kier molecular flexibility index (Phi) is 24.9. The number of nitrogens with one attached hydrogen (secondary N) is 5. The van der Waals surface area contributed by atoms with Gasteiger partial charge in [0.25, 0.3) is 18.2 Å². The van der Waals surface area contributed by atoms with Crippen LogP contribution in [0, 0.1) is 5.92 Å². The third kappa shape index (κ3) is 18.5. The van der Waals surface area contributed by atoms with Crippen LogP contribution in [0.5, 0.6) is 23.0 Å². The number of fused-ring (bicyclic) bond motifs is 2. The quantitative estimate of drug-likeness (QED) is 0.0173. The summed E-state index contributed by atoms with van der Waals surface area (Å²) >= 11 is -0.0283. The number of aliphatic hydroxyl groups is 7. The number of rotatable bonds is 22. The molecule has 4 heterocycles. The molecule has 14 unspecified atom stereocenters. The van der Waals surface area contributed by atoms with Crippen molar-refractivity contribution in [2.24, 2.45) is 11.7 Å². The Hall–Kier alpha value is -9.85. The first kappa shape index (κ1) is 73.4. The van der Waals surface area contributed by atoms with E-state index in [0.717, 1.165) is 46.9 Å². The average molecular weight is 1400 g/mol. The third-order valence-electron chi connectivity index (χ3n) is 16.7. The molecular weight excluding hydrogens is 1320 g/mol. The van der Waals surface area contributed by atoms with Crippen LogP contribution in [-0.2, 0) is 42.9 Å². The lowest BCUT2D eigenvalue weighted by Gasteiger charge is -2.34. The van der Waals surface area contributed by atoms with Gasteiger partial charge in [-0.1, -0.05) is 64.8 Å². The van der Waals surface area contributed by atoms with E-state index in [4.69, 9.17) is 29.1 Å². The van der Waals surface area contributed by atoms with Crippen molar-refractivity contribution >= 4 is 59.6 Å². The first-order valence-corrected chi connectivity index (χ1v) is 31.8. The van der Waals surface area contributed by atoms with Crippen LogP contribution in [0.4, 0.5) is 0 Å². The fourth-order valence-electron chi connectivity index (χ4n) is 11.4. The monoisotopic (exact) mass is 1390 g/mol. The molecule has 3 aliphatic heterocycles. The van der Waals surface area contributed by atoms with Crippen molar-refractivity contribution in [3.8, 4) is 57.0 Å². The zero-order valence-corrected chi connectivity index (χ0v) is 53.8. The van der Waals surface area contributed by atoms with E-state index in [-0.39, 0.29) is 35.2 Å². The number of aromatic hydroxyl groups is 1. The molecule has 16 N–H and O–H groups in total. The molecule has 3 saturated heterocycles. The Balaban J connectivity index is 0.942. The largest absolute Gasteiger partial charge is 0.504 e. The number of primary amides is 1. The van der Waals surface area contributed by atoms with E-state index in [1.807, 2.05) is 78.9 Å². The summed E-state index contributed by atoms with van der Waals surface area (Å²) in [6.07, 6.45) is -15.6. The van der Waals surface area contributed by atoms with Gasteiger partial charge in [-0.25, -0.2) is 5.26 Å². The molecule has 0 bridgehead atoms. The molecule has 1 aromatic heterocycles. The average Bonchev–Trinajstić information content (AvgIpc) is 1.66. The van der Waals surface area contributed by atoms with Gasteiger partial charge in [0.15, 0.2) is 11.5 Å². The number of benzene rings is 5. The molecule has 3 fully saturated rings. The Morgan fingerprint density at radius 1 is 0.697 bits per heavy atom. The van der Waals surface area contributed by atoms with Crippen molar-refractivity contribution in [3.63, 3.8) is 0 Å². The highest BCUT2D eigenvalue weighted by molar-refractivity contribution is 7.90. The fraction of sp³-hybridized carbons (Fsp3) is 0.385. The number of para-hydroxylation sites is 1. The molecule has 0 radical (unpaired) electrons. The Bertz CT molecular complexity index is 3800. The number of nitrogens with two attached hydrogens (primary N) is 1. The van der Waals surface area contributed by atoms with Gasteiger partial charge in [0.05, 0.1) is 50.2 Å². The highest BCUT2D eigenvalue weighted by Gasteiger charge is 2.50. The van der Waals surface area contributed by atoms with Crippen molar-refractivity contribution in [1.82, 2.24) is 46.6 Å². The van der Waals surface area contributed by atoms with Crippen molar-refractivity contribution in [2.75, 3.05) is 32.8 Å². The maximum Gasteiger partial charge on any atom is 0.261 e. The first-order chi connectivity index (χ1) is 47.4. The van der Waals surface area contributed by atoms with E-state index >= 15 is 0 Å². The van der Waals surface area contributed by atoms with Gasteiger partial charge in [-0.3, -0.25) is 38.4 Å². The van der Waals surface area contributed by atoms with Gasteiger partial charge in [0.2, 0.25) is 53.1 Å². The molecule has 3 aliphatic rings. The van der Waals surface area contributed by atoms with Crippen molar-refractivity contribution in [3.05, 3.63) is 132 Å². The summed E-state index contributed by atoms with van der Waals surface area (Å²) < 4.78 is 26.9. The van der Waals surface area contributed by atoms with Crippen LogP contribution in [0.25, 0.3) is 34.0 Å². The van der Waals surface area contributed by atoms with Gasteiger partial charge in [-0.05, 0) is 96.4 Å². The second-order valence-electron chi connectivity index (χ2n) is 23.8. The number of nitrogens with zero attached hydrogens (tertiary/aromatic N) is 4. The first-order valence-electron chi connectivity index (χ1n) is 31.1. The van der Waals surface area contributed by atoms with Crippen LogP contribution in [0.2, 0.25) is 0 Å². The van der Waals surface area contributed by atoms with Crippen LogP contribution >= 0.6 is 12.3 Å². The number of carbonyl (C=O) groups excluding carboxylic acids is 8. The standard InChI is InChI=1S/C65H74N10O23S/c1-32-30-75-53(54(32)82)61(89)67-29-40(77)26-44(68-57(85)36-11-15-38(16-12-36)63-73-72-62(95-63)37-13-9-34(10-14-37)35-17-20-43(21-18-35)94-24-6-23-93-42-7-4-3-5-8-42)58(86)69-50(33(2)76)64(90)74-31-41(78)27-45(74)59(87)71-52(60(88)70-51(65(75)91)47(80)28-49(66)81)56(84)55(83)39-19-22-46(79)48(25-39)96-99-98-97-92/h3-5,7-22,25,32-33,40-41,44-45,47,50-56,76-80,82-84,92H,6,23-24,26-31H2,1-2H3,(H2,66,81)(H,67,89)(H,68,85)(H,69,86)(H,70,88)(H,71,87). The lowest BCUT2D eigenvalue weighted by molar-refractivity contribution is -0.433. The summed E-state index contributed by atoms with van der Waals surface area (Å²) in [6.45, 7) is 1.61. The SMILES string of the molecule is CC(O)C1NC(=O)C(NC(=O)c2ccc(-c3nnc(-c4ccc(-c5ccc(OCCCOc6ccccc6)cc5)cc4)o3)cc2)CC(O)CNC(=O)C2C(O)C(C)CN2C(=O)C(C(O)CC(N)=O)NC(=O)C(C(O)C(O)c2ccc(O)c(OSOOO)c2)NC(=O)C2CC(O)CN2C1=O. The number of phenols is 1. The van der Waals surface area contributed by atoms with Crippen molar-refractivity contribution in [1.29, 1.82) is 0 Å². The number of aromatic nitrogens is 2. The predicted octanol–water partition coefficient (Wildman–Crippen LogP) is -0.698. The molecule has 0 spiro atoms. The molecule has 8 amide bonds. The smallest absolute Gasteiger partial charge is 0.261 e. The van der Waals surface area contributed by atoms with Crippen molar-refractivity contribution < 1.29 is 112 Å². The molecule has 33 nitrogen and oxygen atoms in total. The second kappa shape index (κ2) is 33.6. The highest BCUT2D eigenvalue weighted by Crippen LogP contribution is 2.35. The molecule has 9 rings (SSSR count). The maximum atomic E-state index is 14.7. The Morgan fingerprint density at radius 3 is 1.91 bits per heavy atom. The van der Waals surface area contributed by atoms with Gasteiger partial charge < -0.3 is 101 Å². The van der Waals surface area contributed by atoms with Crippen LogP contribution in [-0.4, -0.2) is 219 Å². The zero-order chi connectivity index (χ0) is 71.2. The fourth-order valence-corrected chi connectivity index (χ4v) is 11.7. The van der Waals surface area contributed by atoms with E-state index in [1.165, 1.54) is 31.2 Å². The second-order valence-corrected chi connectivity index (χ2v) is 24.2. The molecule has 99 heavy (non-hydrogen) atoms. The number of hydrogen-bond donors (Lipinski definition) is 15. The normalized spacial score (nSPS) is 23.9. The number of β-amino-alcohol motifs (C(OH)–C–C–N with tert-alkyl or cyclic N) is 1. The molecule has 528 valence electrons. The van der Waals surface area contributed by atoms with E-state index in [1.54, 1.807) is 0 Å². The maximum absolute atomic E-state index is 14.7. The summed E-state index contributed by atoms with van der Waals surface area (Å²) in [5, 5.41) is 123. The minimum absolute atomic E-state index is 0.0283. The topological polar surface area (TPSA) is 496 Å². The minimum Gasteiger partial charge on any atom is -0.504 e. The lowest BCUT2D eigenvalue weighted by atomic mass is 9.96. The molecule has 6 aromatic rings. The number of amides is 8. The van der Waals surface area contributed by atoms with E-state index in [0.29, 0.717) is 41.4 Å². The highest BCUT2D eigenvalue weighted by atomic mass is 32.2. The molecular formula is C65H74N10O23S. The van der Waals surface area contributed by atoms with Crippen LogP contribution in [0.3, 0.4) is 0 Å². The van der Waals surface area contributed by atoms with Gasteiger partial charge in [-0.2, -0.15) is 0 Å². The van der Waals surface area contributed by atoms with Crippen molar-refractivity contribution in [2.45, 2.75) is 119 Å². The summed E-state index contributed by atoms with van der Waals surface area (Å²) in [7, 11) is 0. The number of ether oxygens (including phenoxy) is 2. The lowest BCUT2D eigenvalue weighted by Crippen LogP contribution is -2.64. The predicted molar refractivity (Wildman–Crippen MR) is 344 cm³/mol. The van der Waals surface area contributed by atoms with Gasteiger partial charge in [-0.15, -0.1) is 10.2 Å².